The molecule has 0 saturated carbocycles. The van der Waals surface area contributed by atoms with Crippen LogP contribution in [0.5, 0.6) is 0 Å². The minimum Gasteiger partial charge on any atom is -0.465 e. The van der Waals surface area contributed by atoms with Crippen molar-refractivity contribution < 1.29 is 9.90 Å². The third-order valence-corrected chi connectivity index (χ3v) is 2.01. The van der Waals surface area contributed by atoms with Crippen LogP contribution >= 0.6 is 12.2 Å². The first-order valence-corrected chi connectivity index (χ1v) is 5.11. The van der Waals surface area contributed by atoms with Gasteiger partial charge < -0.3 is 21.5 Å². The van der Waals surface area contributed by atoms with Crippen LogP contribution in [-0.4, -0.2) is 22.9 Å². The summed E-state index contributed by atoms with van der Waals surface area (Å²) in [7, 11) is 0. The highest BCUT2D eigenvalue weighted by atomic mass is 32.1. The monoisotopic (exact) mass is 239 g/mol. The smallest absolute Gasteiger partial charge is 0.404 e. The van der Waals surface area contributed by atoms with Crippen molar-refractivity contribution in [3.63, 3.8) is 0 Å². The average molecular weight is 239 g/mol. The predicted octanol–water partition coefficient (Wildman–Crippen LogP) is 1.15. The number of thiocarbonyl (C=S) groups is 1. The molecule has 0 fully saturated rings. The number of anilines is 1. The molecule has 0 bridgehead atoms. The van der Waals surface area contributed by atoms with Crippen molar-refractivity contribution in [1.82, 2.24) is 5.32 Å². The summed E-state index contributed by atoms with van der Waals surface area (Å²) >= 11 is 4.70. The van der Waals surface area contributed by atoms with Gasteiger partial charge in [0, 0.05) is 12.2 Å². The number of hydrogen-bond acceptors (Lipinski definition) is 2. The molecular formula is C10H13N3O2S. The molecule has 5 N–H and O–H groups in total. The van der Waals surface area contributed by atoms with Crippen molar-refractivity contribution in [3.05, 3.63) is 29.8 Å². The first-order valence-electron chi connectivity index (χ1n) is 4.70. The molecule has 1 rings (SSSR count). The molecule has 16 heavy (non-hydrogen) atoms. The maximum atomic E-state index is 10.2. The second kappa shape index (κ2) is 5.92. The lowest BCUT2D eigenvalue weighted by atomic mass is 10.1. The predicted molar refractivity (Wildman–Crippen MR) is 66.6 cm³/mol. The number of nitrogens with one attached hydrogen (secondary N) is 2. The van der Waals surface area contributed by atoms with Crippen LogP contribution in [0.25, 0.3) is 0 Å². The van der Waals surface area contributed by atoms with Gasteiger partial charge in [-0.3, -0.25) is 0 Å². The van der Waals surface area contributed by atoms with E-state index in [-0.39, 0.29) is 5.11 Å². The van der Waals surface area contributed by atoms with Crippen LogP contribution in [0.1, 0.15) is 5.56 Å². The molecule has 1 amide bonds. The third-order valence-electron chi connectivity index (χ3n) is 1.91. The molecule has 0 radical (unpaired) electrons. The van der Waals surface area contributed by atoms with Crippen molar-refractivity contribution >= 4 is 29.1 Å². The van der Waals surface area contributed by atoms with Gasteiger partial charge in [0.15, 0.2) is 5.11 Å². The van der Waals surface area contributed by atoms with Crippen LogP contribution in [0.2, 0.25) is 0 Å². The van der Waals surface area contributed by atoms with Crippen LogP contribution in [-0.2, 0) is 6.42 Å². The van der Waals surface area contributed by atoms with E-state index in [2.05, 4.69) is 10.6 Å². The normalized spacial score (nSPS) is 9.50. The summed E-state index contributed by atoms with van der Waals surface area (Å²) < 4.78 is 0. The molecule has 0 unspecified atom stereocenters. The Morgan fingerprint density at radius 3 is 2.50 bits per heavy atom. The molecule has 86 valence electrons. The quantitative estimate of drug-likeness (QED) is 0.592. The van der Waals surface area contributed by atoms with E-state index in [0.29, 0.717) is 13.0 Å². The number of carbonyl (C=O) groups is 1. The summed E-state index contributed by atoms with van der Waals surface area (Å²) in [6.07, 6.45) is -0.355. The summed E-state index contributed by atoms with van der Waals surface area (Å²) in [4.78, 5) is 10.2. The van der Waals surface area contributed by atoms with Crippen molar-refractivity contribution in [2.45, 2.75) is 6.42 Å². The Labute approximate surface area is 98.6 Å². The van der Waals surface area contributed by atoms with Gasteiger partial charge in [-0.1, -0.05) is 12.1 Å². The Hall–Kier alpha value is -1.82. The number of nitrogens with two attached hydrogens (primary N) is 1. The Balaban J connectivity index is 2.45. The van der Waals surface area contributed by atoms with Gasteiger partial charge in [0.25, 0.3) is 0 Å². The van der Waals surface area contributed by atoms with Crippen molar-refractivity contribution in [2.24, 2.45) is 5.73 Å². The van der Waals surface area contributed by atoms with E-state index in [4.69, 9.17) is 23.1 Å². The lowest BCUT2D eigenvalue weighted by Gasteiger charge is -2.05. The Kier molecular flexibility index (Phi) is 4.53. The van der Waals surface area contributed by atoms with E-state index in [0.717, 1.165) is 11.3 Å². The molecule has 0 aliphatic rings. The molecule has 1 aromatic rings. The van der Waals surface area contributed by atoms with Crippen LogP contribution in [0.3, 0.4) is 0 Å². The zero-order chi connectivity index (χ0) is 12.0. The summed E-state index contributed by atoms with van der Waals surface area (Å²) in [5.74, 6) is 0. The minimum absolute atomic E-state index is 0.222. The number of benzene rings is 1. The molecule has 1 aromatic carbocycles. The summed E-state index contributed by atoms with van der Waals surface area (Å²) in [6.45, 7) is 0.400. The fraction of sp³-hybridized carbons (Fsp3) is 0.200. The average Bonchev–Trinajstić information content (AvgIpc) is 2.19. The third kappa shape index (κ3) is 4.61. The Morgan fingerprint density at radius 1 is 1.38 bits per heavy atom. The van der Waals surface area contributed by atoms with E-state index in [1.54, 1.807) is 0 Å². The first kappa shape index (κ1) is 12.3. The van der Waals surface area contributed by atoms with E-state index < -0.39 is 6.09 Å². The van der Waals surface area contributed by atoms with Gasteiger partial charge in [-0.15, -0.1) is 0 Å². The zero-order valence-electron chi connectivity index (χ0n) is 8.56. The highest BCUT2D eigenvalue weighted by Crippen LogP contribution is 2.09. The molecule has 0 heterocycles. The summed E-state index contributed by atoms with van der Waals surface area (Å²) in [6, 6.07) is 7.47. The number of rotatable bonds is 4. The number of amides is 1. The molecule has 0 aliphatic heterocycles. The number of hydrogen-bond donors (Lipinski definition) is 4. The minimum atomic E-state index is -1.01. The zero-order valence-corrected chi connectivity index (χ0v) is 9.38. The van der Waals surface area contributed by atoms with Crippen molar-refractivity contribution in [1.29, 1.82) is 0 Å². The van der Waals surface area contributed by atoms with E-state index in [1.165, 1.54) is 0 Å². The molecule has 0 atom stereocenters. The molecule has 5 nitrogen and oxygen atoms in total. The van der Waals surface area contributed by atoms with E-state index in [9.17, 15) is 4.79 Å². The Bertz CT molecular complexity index is 378. The van der Waals surface area contributed by atoms with Crippen LogP contribution < -0.4 is 16.4 Å². The van der Waals surface area contributed by atoms with Crippen LogP contribution in [0.15, 0.2) is 24.3 Å². The Morgan fingerprint density at radius 2 is 2.00 bits per heavy atom. The fourth-order valence-corrected chi connectivity index (χ4v) is 1.33. The first-order chi connectivity index (χ1) is 7.58. The van der Waals surface area contributed by atoms with Crippen molar-refractivity contribution in [2.75, 3.05) is 11.9 Å². The van der Waals surface area contributed by atoms with E-state index in [1.807, 2.05) is 24.3 Å². The summed E-state index contributed by atoms with van der Waals surface area (Å²) in [5, 5.41) is 13.7. The SMILES string of the molecule is NC(=S)Nc1ccc(CCNC(=O)O)cc1. The molecule has 0 aromatic heterocycles. The largest absolute Gasteiger partial charge is 0.465 e. The van der Waals surface area contributed by atoms with Crippen LogP contribution in [0.4, 0.5) is 10.5 Å². The standard InChI is InChI=1S/C10H13N3O2S/c11-9(16)13-8-3-1-7(2-4-8)5-6-12-10(14)15/h1-4,12H,5-6H2,(H,14,15)(H3,11,13,16). The second-order valence-corrected chi connectivity index (χ2v) is 3.61. The fourth-order valence-electron chi connectivity index (χ4n) is 1.21. The molecule has 0 saturated heterocycles. The molecule has 6 heteroatoms. The maximum absolute atomic E-state index is 10.2. The lowest BCUT2D eigenvalue weighted by Crippen LogP contribution is -2.23. The van der Waals surface area contributed by atoms with E-state index >= 15 is 0 Å². The van der Waals surface area contributed by atoms with Gasteiger partial charge in [-0.25, -0.2) is 4.79 Å². The maximum Gasteiger partial charge on any atom is 0.404 e. The van der Waals surface area contributed by atoms with Crippen molar-refractivity contribution in [3.8, 4) is 0 Å². The molecule has 0 spiro atoms. The topological polar surface area (TPSA) is 87.4 Å². The second-order valence-electron chi connectivity index (χ2n) is 3.17. The van der Waals surface area contributed by atoms with Gasteiger partial charge in [0.1, 0.15) is 0 Å². The van der Waals surface area contributed by atoms with Gasteiger partial charge in [0.2, 0.25) is 0 Å². The van der Waals surface area contributed by atoms with Gasteiger partial charge in [-0.2, -0.15) is 0 Å². The molecule has 0 aliphatic carbocycles. The highest BCUT2D eigenvalue weighted by molar-refractivity contribution is 7.80. The number of carboxylic acid groups (broad SMARTS) is 1. The highest BCUT2D eigenvalue weighted by Gasteiger charge is 1.97. The van der Waals surface area contributed by atoms with Crippen LogP contribution in [0, 0.1) is 0 Å². The summed E-state index contributed by atoms with van der Waals surface area (Å²) in [5.41, 5.74) is 7.19. The van der Waals surface area contributed by atoms with Gasteiger partial charge in [0.05, 0.1) is 0 Å². The lowest BCUT2D eigenvalue weighted by molar-refractivity contribution is 0.194. The van der Waals surface area contributed by atoms with Gasteiger partial charge >= 0.3 is 6.09 Å². The van der Waals surface area contributed by atoms with Gasteiger partial charge in [-0.05, 0) is 36.3 Å². The molecular weight excluding hydrogens is 226 g/mol.